The number of nitrogens with one attached hydrogen (secondary N) is 1. The molecule has 1 heterocycles. The molecule has 120 valence electrons. The van der Waals surface area contributed by atoms with Crippen molar-refractivity contribution < 1.29 is 14.3 Å². The molecule has 0 fully saturated rings. The van der Waals surface area contributed by atoms with E-state index in [9.17, 15) is 9.59 Å². The van der Waals surface area contributed by atoms with Gasteiger partial charge in [0.2, 0.25) is 5.91 Å². The normalized spacial score (nSPS) is 18.6. The molecule has 1 aromatic carbocycles. The first-order chi connectivity index (χ1) is 10.2. The lowest BCUT2D eigenvalue weighted by atomic mass is 10.1. The number of rotatable bonds is 2. The second-order valence-electron chi connectivity index (χ2n) is 6.76. The summed E-state index contributed by atoms with van der Waals surface area (Å²) in [5.41, 5.74) is 1.51. The molecule has 1 N–H and O–H groups in total. The van der Waals surface area contributed by atoms with Gasteiger partial charge in [-0.1, -0.05) is 18.2 Å². The molecule has 5 heteroatoms. The third-order valence-corrected chi connectivity index (χ3v) is 3.55. The molecule has 22 heavy (non-hydrogen) atoms. The third-order valence-electron chi connectivity index (χ3n) is 3.55. The van der Waals surface area contributed by atoms with Crippen molar-refractivity contribution in [3.8, 4) is 0 Å². The van der Waals surface area contributed by atoms with Crippen molar-refractivity contribution in [3.63, 3.8) is 0 Å². The summed E-state index contributed by atoms with van der Waals surface area (Å²) in [6.45, 7) is 9.06. The number of hydrogen-bond acceptors (Lipinski definition) is 3. The van der Waals surface area contributed by atoms with E-state index < -0.39 is 17.7 Å². The molecule has 2 rings (SSSR count). The highest BCUT2D eigenvalue weighted by atomic mass is 16.6. The Morgan fingerprint density at radius 2 is 1.95 bits per heavy atom. The van der Waals surface area contributed by atoms with Gasteiger partial charge >= 0.3 is 6.09 Å². The van der Waals surface area contributed by atoms with Gasteiger partial charge in [0.05, 0.1) is 0 Å². The molecule has 0 saturated heterocycles. The average Bonchev–Trinajstić information content (AvgIpc) is 2.71. The van der Waals surface area contributed by atoms with Crippen LogP contribution in [0.1, 0.15) is 40.2 Å². The first kappa shape index (κ1) is 16.3. The number of para-hydroxylation sites is 1. The van der Waals surface area contributed by atoms with Crippen molar-refractivity contribution >= 4 is 17.7 Å². The Hall–Kier alpha value is -2.04. The molecule has 2 amide bonds. The van der Waals surface area contributed by atoms with Gasteiger partial charge < -0.3 is 15.0 Å². The predicted octanol–water partition coefficient (Wildman–Crippen LogP) is 2.88. The Morgan fingerprint density at radius 3 is 2.59 bits per heavy atom. The number of fused-ring (bicyclic) bond motifs is 1. The Bertz CT molecular complexity index is 578. The molecular weight excluding hydrogens is 280 g/mol. The second-order valence-corrected chi connectivity index (χ2v) is 6.76. The first-order valence-corrected chi connectivity index (χ1v) is 7.59. The highest BCUT2D eigenvalue weighted by Gasteiger charge is 2.34. The lowest BCUT2D eigenvalue weighted by Crippen LogP contribution is -2.50. The highest BCUT2D eigenvalue weighted by Crippen LogP contribution is 2.32. The van der Waals surface area contributed by atoms with Gasteiger partial charge in [-0.3, -0.25) is 4.79 Å². The summed E-state index contributed by atoms with van der Waals surface area (Å²) in [5.74, 6) is -0.122. The monoisotopic (exact) mass is 304 g/mol. The van der Waals surface area contributed by atoms with Crippen molar-refractivity contribution in [3.05, 3.63) is 29.8 Å². The van der Waals surface area contributed by atoms with Gasteiger partial charge in [-0.25, -0.2) is 4.79 Å². The van der Waals surface area contributed by atoms with Crippen LogP contribution in [0, 0.1) is 0 Å². The van der Waals surface area contributed by atoms with E-state index in [-0.39, 0.29) is 11.9 Å². The summed E-state index contributed by atoms with van der Waals surface area (Å²) in [7, 11) is 0. The molecule has 0 spiro atoms. The number of anilines is 1. The summed E-state index contributed by atoms with van der Waals surface area (Å²) in [6, 6.07) is 7.32. The number of ether oxygens (including phenoxy) is 1. The summed E-state index contributed by atoms with van der Waals surface area (Å²) in [5, 5.41) is 2.61. The van der Waals surface area contributed by atoms with Crippen molar-refractivity contribution in [1.29, 1.82) is 0 Å². The Kier molecular flexibility index (Phi) is 4.44. The minimum Gasteiger partial charge on any atom is -0.444 e. The lowest BCUT2D eigenvalue weighted by Gasteiger charge is -2.27. The average molecular weight is 304 g/mol. The topological polar surface area (TPSA) is 58.6 Å². The van der Waals surface area contributed by atoms with Gasteiger partial charge in [-0.15, -0.1) is 0 Å². The van der Waals surface area contributed by atoms with Gasteiger partial charge in [0.15, 0.2) is 0 Å². The maximum atomic E-state index is 12.7. The van der Waals surface area contributed by atoms with Gasteiger partial charge in [-0.05, 0) is 52.7 Å². The van der Waals surface area contributed by atoms with Crippen molar-refractivity contribution in [2.45, 2.75) is 58.7 Å². The number of carbonyl (C=O) groups is 2. The molecule has 1 aromatic rings. The van der Waals surface area contributed by atoms with E-state index >= 15 is 0 Å². The zero-order chi connectivity index (χ0) is 16.5. The largest absolute Gasteiger partial charge is 0.444 e. The van der Waals surface area contributed by atoms with Gasteiger partial charge in [0, 0.05) is 11.7 Å². The molecule has 1 aliphatic heterocycles. The van der Waals surface area contributed by atoms with Crippen LogP contribution in [0.25, 0.3) is 0 Å². The summed E-state index contributed by atoms with van der Waals surface area (Å²) >= 11 is 0. The zero-order valence-electron chi connectivity index (χ0n) is 13.8. The fourth-order valence-electron chi connectivity index (χ4n) is 2.66. The third kappa shape index (κ3) is 3.59. The SMILES string of the molecule is CC1Cc2ccccc2N1C(=O)[C@@H](C)NC(=O)OC(C)(C)C. The molecule has 0 aromatic heterocycles. The van der Waals surface area contributed by atoms with Crippen LogP contribution in [-0.2, 0) is 16.0 Å². The molecule has 0 radical (unpaired) electrons. The van der Waals surface area contributed by atoms with Crippen LogP contribution in [0.15, 0.2) is 24.3 Å². The minimum absolute atomic E-state index is 0.0905. The Balaban J connectivity index is 2.07. The maximum absolute atomic E-state index is 12.7. The van der Waals surface area contributed by atoms with Crippen LogP contribution in [0.4, 0.5) is 10.5 Å². The van der Waals surface area contributed by atoms with Crippen molar-refractivity contribution in [2.24, 2.45) is 0 Å². The molecule has 2 atom stereocenters. The second kappa shape index (κ2) is 5.99. The van der Waals surface area contributed by atoms with E-state index in [1.165, 1.54) is 0 Å². The smallest absolute Gasteiger partial charge is 0.408 e. The number of benzene rings is 1. The predicted molar refractivity (Wildman–Crippen MR) is 85.9 cm³/mol. The molecule has 5 nitrogen and oxygen atoms in total. The summed E-state index contributed by atoms with van der Waals surface area (Å²) < 4.78 is 5.20. The summed E-state index contributed by atoms with van der Waals surface area (Å²) in [6.07, 6.45) is 0.259. The first-order valence-electron chi connectivity index (χ1n) is 7.59. The van der Waals surface area contributed by atoms with Crippen LogP contribution in [0.5, 0.6) is 0 Å². The van der Waals surface area contributed by atoms with Crippen molar-refractivity contribution in [2.75, 3.05) is 4.90 Å². The van der Waals surface area contributed by atoms with Gasteiger partial charge in [-0.2, -0.15) is 0 Å². The number of amides is 2. The molecule has 0 saturated carbocycles. The Morgan fingerprint density at radius 1 is 1.32 bits per heavy atom. The minimum atomic E-state index is -0.636. The lowest BCUT2D eigenvalue weighted by molar-refractivity contribution is -0.120. The van der Waals surface area contributed by atoms with E-state index in [4.69, 9.17) is 4.74 Å². The van der Waals surface area contributed by atoms with E-state index in [0.717, 1.165) is 17.7 Å². The summed E-state index contributed by atoms with van der Waals surface area (Å²) in [4.78, 5) is 26.2. The quantitative estimate of drug-likeness (QED) is 0.914. The maximum Gasteiger partial charge on any atom is 0.408 e. The fraction of sp³-hybridized carbons (Fsp3) is 0.529. The highest BCUT2D eigenvalue weighted by molar-refractivity contribution is 6.00. The Labute approximate surface area is 131 Å². The van der Waals surface area contributed by atoms with Crippen LogP contribution < -0.4 is 10.2 Å². The van der Waals surface area contributed by atoms with Crippen LogP contribution in [0.3, 0.4) is 0 Å². The number of hydrogen-bond donors (Lipinski definition) is 1. The van der Waals surface area contributed by atoms with Crippen LogP contribution >= 0.6 is 0 Å². The van der Waals surface area contributed by atoms with Crippen molar-refractivity contribution in [1.82, 2.24) is 5.32 Å². The van der Waals surface area contributed by atoms with E-state index in [0.29, 0.717) is 0 Å². The van der Waals surface area contributed by atoms with Gasteiger partial charge in [0.25, 0.3) is 0 Å². The molecular formula is C17H24N2O3. The zero-order valence-corrected chi connectivity index (χ0v) is 13.8. The number of nitrogens with zero attached hydrogens (tertiary/aromatic N) is 1. The van der Waals surface area contributed by atoms with Crippen LogP contribution in [-0.4, -0.2) is 29.7 Å². The molecule has 1 aliphatic rings. The molecule has 1 unspecified atom stereocenters. The number of alkyl carbamates (subject to hydrolysis) is 1. The molecule has 0 bridgehead atoms. The van der Waals surface area contributed by atoms with E-state index in [1.807, 2.05) is 31.2 Å². The van der Waals surface area contributed by atoms with E-state index in [2.05, 4.69) is 5.32 Å². The number of carbonyl (C=O) groups excluding carboxylic acids is 2. The van der Waals surface area contributed by atoms with Gasteiger partial charge in [0.1, 0.15) is 11.6 Å². The fourth-order valence-corrected chi connectivity index (χ4v) is 2.66. The van der Waals surface area contributed by atoms with E-state index in [1.54, 1.807) is 32.6 Å². The standard InChI is InChI=1S/C17H24N2O3/c1-11-10-13-8-6-7-9-14(13)19(11)15(20)12(2)18-16(21)22-17(3,4)5/h6-9,11-12H,10H2,1-5H3,(H,18,21)/t11?,12-/m1/s1. The molecule has 0 aliphatic carbocycles. The van der Waals surface area contributed by atoms with Crippen LogP contribution in [0.2, 0.25) is 0 Å².